The van der Waals surface area contributed by atoms with E-state index in [1.807, 2.05) is 4.72 Å². The van der Waals surface area contributed by atoms with Crippen molar-refractivity contribution in [3.05, 3.63) is 59.4 Å². The Morgan fingerprint density at radius 3 is 2.12 bits per heavy atom. The molecule has 128 valence electrons. The third-order valence-corrected chi connectivity index (χ3v) is 4.33. The number of halogens is 4. The first-order chi connectivity index (χ1) is 11.0. The Bertz CT molecular complexity index is 877. The van der Waals surface area contributed by atoms with E-state index in [1.165, 1.54) is 0 Å². The Labute approximate surface area is 133 Å². The molecule has 0 aromatic heterocycles. The lowest BCUT2D eigenvalue weighted by Gasteiger charge is -2.11. The van der Waals surface area contributed by atoms with Gasteiger partial charge < -0.3 is 5.11 Å². The number of rotatable bonds is 4. The van der Waals surface area contributed by atoms with E-state index in [9.17, 15) is 30.8 Å². The summed E-state index contributed by atoms with van der Waals surface area (Å²) < 4.78 is 77.2. The van der Waals surface area contributed by atoms with Crippen molar-refractivity contribution in [1.29, 1.82) is 0 Å². The lowest BCUT2D eigenvalue weighted by Crippen LogP contribution is -2.16. The molecule has 0 saturated heterocycles. The van der Waals surface area contributed by atoms with Gasteiger partial charge in [0.15, 0.2) is 0 Å². The van der Waals surface area contributed by atoms with Crippen molar-refractivity contribution in [2.24, 2.45) is 0 Å². The van der Waals surface area contributed by atoms with Crippen LogP contribution in [0.4, 0.5) is 23.2 Å². The van der Waals surface area contributed by atoms with E-state index in [-0.39, 0.29) is 5.69 Å². The van der Waals surface area contributed by atoms with Crippen molar-refractivity contribution in [2.75, 3.05) is 4.72 Å². The fourth-order valence-corrected chi connectivity index (χ4v) is 2.94. The molecule has 0 saturated carbocycles. The molecular weight excluding hydrogens is 354 g/mol. The molecule has 24 heavy (non-hydrogen) atoms. The fourth-order valence-electron chi connectivity index (χ4n) is 1.78. The molecule has 0 aliphatic heterocycles. The van der Waals surface area contributed by atoms with Crippen molar-refractivity contribution in [3.8, 4) is 0 Å². The molecule has 0 amide bonds. The van der Waals surface area contributed by atoms with Crippen LogP contribution in [0.5, 0.6) is 0 Å². The molecule has 0 atom stereocenters. The maximum atomic E-state index is 13.7. The van der Waals surface area contributed by atoms with Gasteiger partial charge in [-0.2, -0.15) is 13.2 Å². The minimum Gasteiger partial charge on any atom is -0.478 e. The van der Waals surface area contributed by atoms with Gasteiger partial charge in [0.2, 0.25) is 0 Å². The normalized spacial score (nSPS) is 12.0. The SMILES string of the molecule is O=C(O)c1ccc(F)c(S(=O)(=O)Nc2ccc(C(F)(F)F)cc2)c1. The van der Waals surface area contributed by atoms with E-state index in [1.54, 1.807) is 0 Å². The van der Waals surface area contributed by atoms with Crippen molar-refractivity contribution >= 4 is 21.7 Å². The highest BCUT2D eigenvalue weighted by Crippen LogP contribution is 2.30. The first kappa shape index (κ1) is 17.7. The average molecular weight is 363 g/mol. The second-order valence-electron chi connectivity index (χ2n) is 4.63. The number of hydrogen-bond acceptors (Lipinski definition) is 3. The van der Waals surface area contributed by atoms with Gasteiger partial charge in [-0.3, -0.25) is 4.72 Å². The first-order valence-electron chi connectivity index (χ1n) is 6.23. The Hall–Kier alpha value is -2.62. The quantitative estimate of drug-likeness (QED) is 0.816. The van der Waals surface area contributed by atoms with Gasteiger partial charge in [-0.15, -0.1) is 0 Å². The van der Waals surface area contributed by atoms with Crippen LogP contribution in [0, 0.1) is 5.82 Å². The van der Waals surface area contributed by atoms with E-state index >= 15 is 0 Å². The highest BCUT2D eigenvalue weighted by molar-refractivity contribution is 7.92. The third kappa shape index (κ3) is 3.82. The Kier molecular flexibility index (Phi) is 4.52. The molecule has 5 nitrogen and oxygen atoms in total. The van der Waals surface area contributed by atoms with Crippen molar-refractivity contribution in [3.63, 3.8) is 0 Å². The largest absolute Gasteiger partial charge is 0.478 e. The predicted molar refractivity (Wildman–Crippen MR) is 75.6 cm³/mol. The summed E-state index contributed by atoms with van der Waals surface area (Å²) in [5, 5.41) is 8.82. The van der Waals surface area contributed by atoms with Crippen LogP contribution in [0.25, 0.3) is 0 Å². The van der Waals surface area contributed by atoms with Gasteiger partial charge >= 0.3 is 12.1 Å². The summed E-state index contributed by atoms with van der Waals surface area (Å²) in [6.45, 7) is 0. The summed E-state index contributed by atoms with van der Waals surface area (Å²) in [6.07, 6.45) is -4.58. The Balaban J connectivity index is 2.35. The van der Waals surface area contributed by atoms with Gasteiger partial charge in [-0.05, 0) is 42.5 Å². The van der Waals surface area contributed by atoms with Gasteiger partial charge in [-0.25, -0.2) is 17.6 Å². The molecule has 0 heterocycles. The lowest BCUT2D eigenvalue weighted by atomic mass is 10.2. The number of anilines is 1. The van der Waals surface area contributed by atoms with E-state index in [0.717, 1.165) is 18.2 Å². The molecule has 0 aliphatic rings. The van der Waals surface area contributed by atoms with Crippen LogP contribution >= 0.6 is 0 Å². The maximum absolute atomic E-state index is 13.7. The van der Waals surface area contributed by atoms with Gasteiger partial charge in [0.1, 0.15) is 10.7 Å². The molecule has 0 bridgehead atoms. The second kappa shape index (κ2) is 6.11. The number of carboxylic acids is 1. The molecule has 10 heteroatoms. The summed E-state index contributed by atoms with van der Waals surface area (Å²) >= 11 is 0. The number of carbonyl (C=O) groups is 1. The molecule has 0 unspecified atom stereocenters. The monoisotopic (exact) mass is 363 g/mol. The van der Waals surface area contributed by atoms with Crippen LogP contribution in [0.1, 0.15) is 15.9 Å². The predicted octanol–water partition coefficient (Wildman–Crippen LogP) is 3.34. The van der Waals surface area contributed by atoms with Crippen LogP contribution in [0.2, 0.25) is 0 Å². The fraction of sp³-hybridized carbons (Fsp3) is 0.0714. The minimum absolute atomic E-state index is 0.233. The molecule has 2 N–H and O–H groups in total. The van der Waals surface area contributed by atoms with Crippen molar-refractivity contribution in [1.82, 2.24) is 0 Å². The topological polar surface area (TPSA) is 83.5 Å². The highest BCUT2D eigenvalue weighted by atomic mass is 32.2. The Morgan fingerprint density at radius 1 is 1.04 bits per heavy atom. The summed E-state index contributed by atoms with van der Waals surface area (Å²) in [4.78, 5) is 9.91. The lowest BCUT2D eigenvalue weighted by molar-refractivity contribution is -0.137. The number of carboxylic acid groups (broad SMARTS) is 1. The maximum Gasteiger partial charge on any atom is 0.416 e. The van der Waals surface area contributed by atoms with E-state index in [0.29, 0.717) is 24.3 Å². The zero-order chi connectivity index (χ0) is 18.1. The van der Waals surface area contributed by atoms with E-state index in [2.05, 4.69) is 0 Å². The summed E-state index contributed by atoms with van der Waals surface area (Å²) in [7, 11) is -4.52. The van der Waals surface area contributed by atoms with E-state index in [4.69, 9.17) is 5.11 Å². The molecule has 0 aliphatic carbocycles. The molecule has 0 spiro atoms. The van der Waals surface area contributed by atoms with Crippen LogP contribution in [0.15, 0.2) is 47.4 Å². The Morgan fingerprint density at radius 2 is 1.62 bits per heavy atom. The van der Waals surface area contributed by atoms with Gasteiger partial charge in [0, 0.05) is 5.69 Å². The number of benzene rings is 2. The molecule has 2 rings (SSSR count). The molecule has 0 fully saturated rings. The van der Waals surface area contributed by atoms with E-state index < -0.39 is 44.0 Å². The summed E-state index contributed by atoms with van der Waals surface area (Å²) in [5.74, 6) is -2.65. The van der Waals surface area contributed by atoms with Crippen LogP contribution in [0.3, 0.4) is 0 Å². The molecule has 0 radical (unpaired) electrons. The second-order valence-corrected chi connectivity index (χ2v) is 6.28. The average Bonchev–Trinajstić information content (AvgIpc) is 2.46. The third-order valence-electron chi connectivity index (χ3n) is 2.93. The van der Waals surface area contributed by atoms with Crippen molar-refractivity contribution in [2.45, 2.75) is 11.1 Å². The smallest absolute Gasteiger partial charge is 0.416 e. The van der Waals surface area contributed by atoms with Gasteiger partial charge in [-0.1, -0.05) is 0 Å². The van der Waals surface area contributed by atoms with Gasteiger partial charge in [0.05, 0.1) is 11.1 Å². The van der Waals surface area contributed by atoms with Crippen LogP contribution < -0.4 is 4.72 Å². The highest BCUT2D eigenvalue weighted by Gasteiger charge is 2.30. The molecule has 2 aromatic carbocycles. The number of aromatic carboxylic acids is 1. The summed E-state index contributed by atoms with van der Waals surface area (Å²) in [6, 6.07) is 5.20. The number of sulfonamides is 1. The molecular formula is C14H9F4NO4S. The number of alkyl halides is 3. The minimum atomic E-state index is -4.58. The van der Waals surface area contributed by atoms with Crippen molar-refractivity contribution < 1.29 is 35.9 Å². The number of hydrogen-bond donors (Lipinski definition) is 2. The van der Waals surface area contributed by atoms with Crippen LogP contribution in [-0.2, 0) is 16.2 Å². The first-order valence-corrected chi connectivity index (χ1v) is 7.72. The summed E-state index contributed by atoms with van der Waals surface area (Å²) in [5.41, 5.74) is -1.67. The zero-order valence-corrected chi connectivity index (χ0v) is 12.5. The standard InChI is InChI=1S/C14H9F4NO4S/c15-11-6-1-8(13(20)21)7-12(11)24(22,23)19-10-4-2-9(3-5-10)14(16,17)18/h1-7,19H,(H,20,21). The zero-order valence-electron chi connectivity index (χ0n) is 11.6. The van der Waals surface area contributed by atoms with Gasteiger partial charge in [0.25, 0.3) is 10.0 Å². The number of nitrogens with one attached hydrogen (secondary N) is 1. The van der Waals surface area contributed by atoms with Crippen LogP contribution in [-0.4, -0.2) is 19.5 Å². The molecule has 2 aromatic rings.